The zero-order valence-electron chi connectivity index (χ0n) is 6.50. The second-order valence-corrected chi connectivity index (χ2v) is 2.14. The number of carbonyl (C=O) groups is 1. The quantitative estimate of drug-likeness (QED) is 0.623. The minimum absolute atomic E-state index is 0.236. The van der Waals surface area contributed by atoms with Gasteiger partial charge in [0.25, 0.3) is 5.91 Å². The van der Waals surface area contributed by atoms with Crippen molar-refractivity contribution >= 4 is 5.91 Å². The van der Waals surface area contributed by atoms with Crippen molar-refractivity contribution in [2.45, 2.75) is 0 Å². The second-order valence-electron chi connectivity index (χ2n) is 2.14. The zero-order valence-corrected chi connectivity index (χ0v) is 6.50. The fraction of sp³-hybridized carbons (Fsp3) is 0.286. The molecular weight excluding hydrogens is 144 g/mol. The van der Waals surface area contributed by atoms with Crippen molar-refractivity contribution in [2.75, 3.05) is 7.11 Å². The van der Waals surface area contributed by atoms with Gasteiger partial charge >= 0.3 is 0 Å². The van der Waals surface area contributed by atoms with Crippen LogP contribution in [0.2, 0.25) is 0 Å². The van der Waals surface area contributed by atoms with Crippen LogP contribution in [0.5, 0.6) is 0 Å². The Morgan fingerprint density at radius 1 is 1.73 bits per heavy atom. The van der Waals surface area contributed by atoms with Gasteiger partial charge in [0.1, 0.15) is 5.69 Å². The molecule has 4 heteroatoms. The average molecular weight is 154 g/mol. The monoisotopic (exact) mass is 154 g/mol. The van der Waals surface area contributed by atoms with Crippen molar-refractivity contribution in [2.24, 2.45) is 7.05 Å². The molecule has 4 nitrogen and oxygen atoms in total. The molecule has 0 saturated heterocycles. The predicted molar refractivity (Wildman–Crippen MR) is 39.9 cm³/mol. The summed E-state index contributed by atoms with van der Waals surface area (Å²) < 4.78 is 1.72. The number of nitrogens with zero attached hydrogens (tertiary/aromatic N) is 1. The molecule has 60 valence electrons. The third kappa shape index (κ3) is 1.59. The smallest absolute Gasteiger partial charge is 0.291 e. The van der Waals surface area contributed by atoms with Crippen molar-refractivity contribution in [3.05, 3.63) is 24.0 Å². The van der Waals surface area contributed by atoms with Crippen LogP contribution in [0.25, 0.3) is 0 Å². The number of aromatic nitrogens is 1. The summed E-state index contributed by atoms with van der Waals surface area (Å²) in [5, 5.41) is 0. The summed E-state index contributed by atoms with van der Waals surface area (Å²) in [7, 11) is 3.20. The van der Waals surface area contributed by atoms with Gasteiger partial charge in [-0.3, -0.25) is 9.63 Å². The molecule has 0 radical (unpaired) electrons. The van der Waals surface area contributed by atoms with E-state index in [1.54, 1.807) is 29.9 Å². The van der Waals surface area contributed by atoms with E-state index in [-0.39, 0.29) is 5.91 Å². The molecule has 11 heavy (non-hydrogen) atoms. The summed E-state index contributed by atoms with van der Waals surface area (Å²) in [6.07, 6.45) is 1.80. The van der Waals surface area contributed by atoms with E-state index in [4.69, 9.17) is 0 Å². The number of carbonyl (C=O) groups excluding carboxylic acids is 1. The molecule has 0 saturated carbocycles. The first-order valence-electron chi connectivity index (χ1n) is 3.20. The van der Waals surface area contributed by atoms with Crippen LogP contribution >= 0.6 is 0 Å². The van der Waals surface area contributed by atoms with E-state index in [1.165, 1.54) is 7.11 Å². The Morgan fingerprint density at radius 3 is 2.91 bits per heavy atom. The highest BCUT2D eigenvalue weighted by molar-refractivity contribution is 5.91. The number of hydrogen-bond donors (Lipinski definition) is 1. The van der Waals surface area contributed by atoms with Crippen LogP contribution in [-0.2, 0) is 11.9 Å². The highest BCUT2D eigenvalue weighted by Crippen LogP contribution is 1.98. The molecule has 1 N–H and O–H groups in total. The van der Waals surface area contributed by atoms with E-state index in [2.05, 4.69) is 10.3 Å². The molecule has 0 bridgehead atoms. The highest BCUT2D eigenvalue weighted by atomic mass is 16.6. The molecule has 1 aromatic heterocycles. The summed E-state index contributed by atoms with van der Waals surface area (Å²) in [4.78, 5) is 15.5. The molecule has 0 aliphatic carbocycles. The van der Waals surface area contributed by atoms with Crippen LogP contribution in [0.15, 0.2) is 18.3 Å². The molecular formula is C7H10N2O2. The number of amides is 1. The van der Waals surface area contributed by atoms with Gasteiger partial charge in [0.05, 0.1) is 7.11 Å². The maximum Gasteiger partial charge on any atom is 0.291 e. The van der Waals surface area contributed by atoms with E-state index in [0.717, 1.165) is 0 Å². The lowest BCUT2D eigenvalue weighted by molar-refractivity contribution is 0.0529. The zero-order chi connectivity index (χ0) is 8.27. The predicted octanol–water partition coefficient (Wildman–Crippen LogP) is 0.316. The van der Waals surface area contributed by atoms with Gasteiger partial charge in [-0.2, -0.15) is 0 Å². The summed E-state index contributed by atoms with van der Waals surface area (Å²) in [6, 6.07) is 3.51. The minimum atomic E-state index is -0.236. The van der Waals surface area contributed by atoms with Crippen LogP contribution in [0, 0.1) is 0 Å². The second kappa shape index (κ2) is 3.21. The molecule has 0 unspecified atom stereocenters. The first kappa shape index (κ1) is 7.81. The molecule has 0 aromatic carbocycles. The van der Waals surface area contributed by atoms with Gasteiger partial charge in [-0.1, -0.05) is 0 Å². The molecule has 0 atom stereocenters. The summed E-state index contributed by atoms with van der Waals surface area (Å²) in [5.74, 6) is -0.236. The molecule has 0 fully saturated rings. The van der Waals surface area contributed by atoms with Crippen molar-refractivity contribution < 1.29 is 9.63 Å². The number of hydroxylamine groups is 1. The average Bonchev–Trinajstić information content (AvgIpc) is 2.36. The van der Waals surface area contributed by atoms with Gasteiger partial charge < -0.3 is 4.57 Å². The standard InChI is InChI=1S/C7H10N2O2/c1-9-5-3-4-6(9)7(10)8-11-2/h3-5H,1-2H3,(H,8,10). The molecule has 0 aliphatic rings. The van der Waals surface area contributed by atoms with Gasteiger partial charge in [0.15, 0.2) is 0 Å². The van der Waals surface area contributed by atoms with Crippen LogP contribution < -0.4 is 5.48 Å². The summed E-state index contributed by atoms with van der Waals surface area (Å²) in [5.41, 5.74) is 2.80. The minimum Gasteiger partial charge on any atom is -0.347 e. The lowest BCUT2D eigenvalue weighted by Crippen LogP contribution is -2.23. The normalized spacial score (nSPS) is 9.64. The number of nitrogens with one attached hydrogen (secondary N) is 1. The SMILES string of the molecule is CONC(=O)c1cccn1C. The first-order chi connectivity index (χ1) is 5.25. The topological polar surface area (TPSA) is 43.3 Å². The van der Waals surface area contributed by atoms with Gasteiger partial charge in [-0.25, -0.2) is 5.48 Å². The van der Waals surface area contributed by atoms with E-state index < -0.39 is 0 Å². The molecule has 1 heterocycles. The van der Waals surface area contributed by atoms with Crippen molar-refractivity contribution in [1.82, 2.24) is 10.0 Å². The van der Waals surface area contributed by atoms with Crippen molar-refractivity contribution in [3.8, 4) is 0 Å². The Labute approximate surface area is 64.7 Å². The largest absolute Gasteiger partial charge is 0.347 e. The Kier molecular flexibility index (Phi) is 2.28. The maximum absolute atomic E-state index is 11.1. The van der Waals surface area contributed by atoms with E-state index in [0.29, 0.717) is 5.69 Å². The molecule has 1 amide bonds. The maximum atomic E-state index is 11.1. The van der Waals surface area contributed by atoms with Gasteiger partial charge in [0.2, 0.25) is 0 Å². The van der Waals surface area contributed by atoms with Crippen LogP contribution in [0.4, 0.5) is 0 Å². The van der Waals surface area contributed by atoms with Gasteiger partial charge in [-0.15, -0.1) is 0 Å². The summed E-state index contributed by atoms with van der Waals surface area (Å²) in [6.45, 7) is 0. The Bertz CT molecular complexity index is 255. The lowest BCUT2D eigenvalue weighted by atomic mass is 10.4. The highest BCUT2D eigenvalue weighted by Gasteiger charge is 2.06. The van der Waals surface area contributed by atoms with Crippen LogP contribution in [-0.4, -0.2) is 17.6 Å². The fourth-order valence-electron chi connectivity index (χ4n) is 0.842. The molecule has 0 spiro atoms. The Hall–Kier alpha value is -1.29. The lowest BCUT2D eigenvalue weighted by Gasteiger charge is -2.01. The Morgan fingerprint density at radius 2 is 2.45 bits per heavy atom. The fourth-order valence-corrected chi connectivity index (χ4v) is 0.842. The summed E-state index contributed by atoms with van der Waals surface area (Å²) >= 11 is 0. The van der Waals surface area contributed by atoms with Crippen LogP contribution in [0.3, 0.4) is 0 Å². The molecule has 0 aliphatic heterocycles. The van der Waals surface area contributed by atoms with E-state index in [1.807, 2.05) is 0 Å². The molecule has 1 aromatic rings. The van der Waals surface area contributed by atoms with Gasteiger partial charge in [0, 0.05) is 13.2 Å². The third-order valence-electron chi connectivity index (χ3n) is 1.37. The third-order valence-corrected chi connectivity index (χ3v) is 1.37. The number of aryl methyl sites for hydroxylation is 1. The first-order valence-corrected chi connectivity index (χ1v) is 3.20. The Balaban J connectivity index is 2.76. The molecule has 1 rings (SSSR count). The van der Waals surface area contributed by atoms with E-state index in [9.17, 15) is 4.79 Å². The van der Waals surface area contributed by atoms with Crippen molar-refractivity contribution in [1.29, 1.82) is 0 Å². The number of hydrogen-bond acceptors (Lipinski definition) is 2. The van der Waals surface area contributed by atoms with Gasteiger partial charge in [-0.05, 0) is 12.1 Å². The van der Waals surface area contributed by atoms with Crippen LogP contribution in [0.1, 0.15) is 10.5 Å². The van der Waals surface area contributed by atoms with E-state index >= 15 is 0 Å². The number of rotatable bonds is 2. The van der Waals surface area contributed by atoms with Crippen molar-refractivity contribution in [3.63, 3.8) is 0 Å².